The topological polar surface area (TPSA) is 209 Å². The number of alkyl halides is 9. The number of para-hydroxylation sites is 2. The van der Waals surface area contributed by atoms with Crippen LogP contribution in [0.5, 0.6) is 17.2 Å². The van der Waals surface area contributed by atoms with Crippen LogP contribution in [0.4, 0.5) is 50.9 Å². The number of nitrogens with one attached hydrogen (secondary N) is 1. The summed E-state index contributed by atoms with van der Waals surface area (Å²) in [5.41, 5.74) is 8.03. The minimum Gasteiger partial charge on any atom is -0.749 e. The third kappa shape index (κ3) is 22.1. The van der Waals surface area contributed by atoms with E-state index in [2.05, 4.69) is 92.3 Å². The van der Waals surface area contributed by atoms with E-state index in [0.717, 1.165) is 35.2 Å². The Morgan fingerprint density at radius 1 is 0.600 bits per heavy atom. The lowest BCUT2D eigenvalue weighted by molar-refractivity contribution is -0.276. The third-order valence-electron chi connectivity index (χ3n) is 7.37. The molecule has 7 aromatic rings. The molecule has 14 nitrogen and oxygen atoms in total. The Morgan fingerprint density at radius 2 is 1.01 bits per heavy atom. The summed E-state index contributed by atoms with van der Waals surface area (Å²) >= 11 is 10.7. The van der Waals surface area contributed by atoms with Gasteiger partial charge in [0.15, 0.2) is 0 Å². The summed E-state index contributed by atoms with van der Waals surface area (Å²) in [7, 11) is -3.70. The molecule has 2 aromatic heterocycles. The van der Waals surface area contributed by atoms with Crippen LogP contribution in [-0.2, 0) is 34.2 Å². The molecule has 0 bridgehead atoms. The normalized spacial score (nSPS) is 12.0. The van der Waals surface area contributed by atoms with Crippen molar-refractivity contribution in [2.24, 2.45) is 0 Å². The molecule has 0 saturated carbocycles. The number of benzene rings is 5. The van der Waals surface area contributed by atoms with E-state index in [1.807, 2.05) is 30.3 Å². The lowest BCUT2D eigenvalue weighted by Crippen LogP contribution is -2.21. The molecule has 7 rings (SSSR count). The number of rotatable bonds is 8. The van der Waals surface area contributed by atoms with Gasteiger partial charge in [-0.1, -0.05) is 84.2 Å². The summed E-state index contributed by atoms with van der Waals surface area (Å²) in [6, 6.07) is 30.0. The van der Waals surface area contributed by atoms with Gasteiger partial charge in [-0.3, -0.25) is 14.7 Å². The van der Waals surface area contributed by atoms with Crippen LogP contribution in [0.15, 0.2) is 157 Å². The zero-order valence-corrected chi connectivity index (χ0v) is 42.5. The molecule has 0 aliphatic carbocycles. The molecule has 1 atom stereocenters. The van der Waals surface area contributed by atoms with Crippen LogP contribution in [0.3, 0.4) is 0 Å². The maximum atomic E-state index is 12.6. The number of nitrogens with zero attached hydrogens (tertiary/aromatic N) is 2. The fraction of sp³-hybridized carbons (Fsp3) is 0.0769. The lowest BCUT2D eigenvalue weighted by Gasteiger charge is -2.15. The second-order valence-corrected chi connectivity index (χ2v) is 20.3. The molecular weight excluding hydrogens is 1260 g/mol. The number of aromatic nitrogens is 2. The standard InChI is InChI=1S/C16H10BrF3N2O3S.C9H8N2.C7H3BrClF3O3S.C7H4BrF3O.ClHO3S/c17-11-5-6-14(25-16(18,19)20)15(8-11)26(23,24)22-12-7-10-3-1-2-4-13(10)21-9-12;10-8-5-7-3-1-2-4-9(7)11-6-8;8-4-1-2-5(15-7(10,11)12)6(3-4)16(9,13)14;8-5-1-3-6(4-2-5)12-7(9,10)11;1-4-5(2)3/h1-9,22H;1-6H,10H2;1-3H;1-4H;(H,2,3)/p-1. The van der Waals surface area contributed by atoms with Crippen LogP contribution in [0, 0.1) is 0 Å². The molecule has 1 unspecified atom stereocenters. The van der Waals surface area contributed by atoms with Crippen LogP contribution in [0.1, 0.15) is 0 Å². The van der Waals surface area contributed by atoms with Crippen molar-refractivity contribution >= 4 is 134 Å². The van der Waals surface area contributed by atoms with Crippen LogP contribution < -0.4 is 24.7 Å². The smallest absolute Gasteiger partial charge is 0.573 e. The average Bonchev–Trinajstić information content (AvgIpc) is 3.24. The number of sulfonamides is 1. The summed E-state index contributed by atoms with van der Waals surface area (Å²) in [5.74, 6) is -1.92. The van der Waals surface area contributed by atoms with Gasteiger partial charge in [-0.25, -0.2) is 21.0 Å². The van der Waals surface area contributed by atoms with Gasteiger partial charge in [0, 0.05) is 34.9 Å². The van der Waals surface area contributed by atoms with E-state index >= 15 is 0 Å². The highest BCUT2D eigenvalue weighted by atomic mass is 79.9. The van der Waals surface area contributed by atoms with E-state index < -0.39 is 70.8 Å². The average molecular weight is 1290 g/mol. The molecule has 2 heterocycles. The van der Waals surface area contributed by atoms with Gasteiger partial charge in [0.25, 0.3) is 19.1 Å². The van der Waals surface area contributed by atoms with Crippen LogP contribution in [-0.4, -0.2) is 54.7 Å². The first kappa shape index (κ1) is 59.6. The van der Waals surface area contributed by atoms with Crippen molar-refractivity contribution in [1.82, 2.24) is 9.97 Å². The fourth-order valence-electron chi connectivity index (χ4n) is 4.84. The van der Waals surface area contributed by atoms with Crippen molar-refractivity contribution in [1.29, 1.82) is 0 Å². The first-order valence-corrected chi connectivity index (χ1v) is 25.2. The highest BCUT2D eigenvalue weighted by Gasteiger charge is 2.35. The van der Waals surface area contributed by atoms with E-state index in [9.17, 15) is 56.3 Å². The zero-order chi connectivity index (χ0) is 52.7. The highest BCUT2D eigenvalue weighted by Crippen LogP contribution is 2.35. The predicted octanol–water partition coefficient (Wildman–Crippen LogP) is 13.1. The van der Waals surface area contributed by atoms with Gasteiger partial charge < -0.3 is 24.5 Å². The Hall–Kier alpha value is -4.72. The van der Waals surface area contributed by atoms with Crippen molar-refractivity contribution in [2.45, 2.75) is 28.9 Å². The van der Waals surface area contributed by atoms with Gasteiger partial charge in [-0.2, -0.15) is 3.74 Å². The second kappa shape index (κ2) is 26.1. The monoisotopic (exact) mass is 1280 g/mol. The molecule has 70 heavy (non-hydrogen) atoms. The van der Waals surface area contributed by atoms with E-state index in [1.54, 1.807) is 30.5 Å². The quantitative estimate of drug-likeness (QED) is 0.0825. The van der Waals surface area contributed by atoms with Gasteiger partial charge >= 0.3 is 19.1 Å². The molecule has 0 aliphatic rings. The highest BCUT2D eigenvalue weighted by molar-refractivity contribution is 9.11. The number of halogens is 14. The number of fused-ring (bicyclic) bond motifs is 2. The molecule has 0 saturated heterocycles. The van der Waals surface area contributed by atoms with E-state index in [-0.39, 0.29) is 20.4 Å². The van der Waals surface area contributed by atoms with Gasteiger partial charge in [-0.15, -0.1) is 39.5 Å². The molecule has 0 amide bonds. The van der Waals surface area contributed by atoms with E-state index in [1.165, 1.54) is 48.7 Å². The van der Waals surface area contributed by atoms with Crippen molar-refractivity contribution in [2.75, 3.05) is 10.5 Å². The number of pyridine rings is 2. The lowest BCUT2D eigenvalue weighted by atomic mass is 10.2. The number of nitrogen functional groups attached to an aromatic ring is 1. The van der Waals surface area contributed by atoms with Crippen molar-refractivity contribution in [3.05, 3.63) is 147 Å². The summed E-state index contributed by atoms with van der Waals surface area (Å²) in [6.07, 6.45) is -11.7. The molecule has 3 N–H and O–H groups in total. The van der Waals surface area contributed by atoms with Crippen molar-refractivity contribution < 1.29 is 83.1 Å². The van der Waals surface area contributed by atoms with Gasteiger partial charge in [0.1, 0.15) is 38.4 Å². The summed E-state index contributed by atoms with van der Waals surface area (Å²) in [4.78, 5) is 6.86. The van der Waals surface area contributed by atoms with Gasteiger partial charge in [0.05, 0.1) is 46.7 Å². The molecular formula is C39H25Br3Cl2F9N4O10S3-. The summed E-state index contributed by atoms with van der Waals surface area (Å²) in [5, 5.41) is 1.77. The zero-order valence-electron chi connectivity index (χ0n) is 33.8. The summed E-state index contributed by atoms with van der Waals surface area (Å²) in [6.45, 7) is 0. The Balaban J connectivity index is 0.000000253. The van der Waals surface area contributed by atoms with E-state index in [4.69, 9.17) is 25.2 Å². The SMILES string of the molecule is FC(F)(F)Oc1ccc(Br)cc1.Nc1cnc2ccccc2c1.O=S(=O)(Cl)c1cc(Br)ccc1OC(F)(F)F.O=S(=O)(Nc1cnc2ccccc2c1)c1cc(Br)ccc1OC(F)(F)F.O=S([O-])OCl. The molecule has 0 radical (unpaired) electrons. The number of nitrogens with two attached hydrogens (primary N) is 1. The molecule has 378 valence electrons. The summed E-state index contributed by atoms with van der Waals surface area (Å²) < 4.78 is 191. The number of anilines is 2. The molecule has 0 aliphatic heterocycles. The Bertz CT molecular complexity index is 3120. The van der Waals surface area contributed by atoms with Crippen LogP contribution in [0.2, 0.25) is 0 Å². The second-order valence-electron chi connectivity index (χ2n) is 12.5. The molecule has 5 aromatic carbocycles. The fourth-order valence-corrected chi connectivity index (χ4v) is 8.30. The maximum Gasteiger partial charge on any atom is 0.573 e. The van der Waals surface area contributed by atoms with Crippen molar-refractivity contribution in [3.8, 4) is 17.2 Å². The predicted molar refractivity (Wildman–Crippen MR) is 250 cm³/mol. The van der Waals surface area contributed by atoms with Crippen molar-refractivity contribution in [3.63, 3.8) is 0 Å². The van der Waals surface area contributed by atoms with Gasteiger partial charge in [0.2, 0.25) is 0 Å². The third-order valence-corrected chi connectivity index (χ3v) is 12.0. The van der Waals surface area contributed by atoms with Gasteiger partial charge in [-0.05, 0) is 84.9 Å². The first-order valence-electron chi connectivity index (χ1n) is 17.8. The minimum atomic E-state index is -5.03. The Morgan fingerprint density at radius 3 is 1.47 bits per heavy atom. The Kier molecular flexibility index (Phi) is 22.2. The number of ether oxygens (including phenoxy) is 3. The molecule has 31 heteroatoms. The Labute approximate surface area is 427 Å². The van der Waals surface area contributed by atoms with Crippen LogP contribution in [0.25, 0.3) is 21.8 Å². The minimum absolute atomic E-state index is 0.113. The molecule has 0 spiro atoms. The number of hydrogen-bond donors (Lipinski definition) is 2. The number of hydrogen-bond acceptors (Lipinski definition) is 13. The largest absolute Gasteiger partial charge is 0.749 e. The first-order chi connectivity index (χ1) is 32.3. The van der Waals surface area contributed by atoms with E-state index in [0.29, 0.717) is 21.1 Å². The maximum absolute atomic E-state index is 12.6. The molecule has 0 fully saturated rings. The van der Waals surface area contributed by atoms with Crippen LogP contribution >= 0.6 is 70.3 Å².